The molecule has 1 amide bonds. The van der Waals surface area contributed by atoms with Crippen LogP contribution in [-0.2, 0) is 9.53 Å². The summed E-state index contributed by atoms with van der Waals surface area (Å²) in [5.41, 5.74) is 0.580. The van der Waals surface area contributed by atoms with Crippen LogP contribution in [0.15, 0.2) is 42.5 Å². The Kier molecular flexibility index (Phi) is 5.15. The minimum atomic E-state index is -0.384. The van der Waals surface area contributed by atoms with E-state index in [0.29, 0.717) is 12.2 Å². The van der Waals surface area contributed by atoms with Crippen LogP contribution in [0.1, 0.15) is 31.1 Å². The van der Waals surface area contributed by atoms with Gasteiger partial charge in [0.1, 0.15) is 6.54 Å². The largest absolute Gasteiger partial charge is 0.465 e. The van der Waals surface area contributed by atoms with Gasteiger partial charge in [-0.3, -0.25) is 9.59 Å². The highest BCUT2D eigenvalue weighted by Crippen LogP contribution is 2.17. The summed E-state index contributed by atoms with van der Waals surface area (Å²) in [4.78, 5) is 25.9. The van der Waals surface area contributed by atoms with Crippen LogP contribution in [0.4, 0.5) is 0 Å². The number of esters is 1. The molecule has 0 atom stereocenters. The molecule has 2 aromatic rings. The van der Waals surface area contributed by atoms with Gasteiger partial charge in [0.2, 0.25) is 0 Å². The van der Waals surface area contributed by atoms with E-state index in [1.165, 1.54) is 4.90 Å². The van der Waals surface area contributed by atoms with E-state index in [0.717, 1.165) is 10.8 Å². The second-order valence-corrected chi connectivity index (χ2v) is 5.39. The van der Waals surface area contributed by atoms with Crippen LogP contribution in [0.2, 0.25) is 0 Å². The Morgan fingerprint density at radius 2 is 1.77 bits per heavy atom. The van der Waals surface area contributed by atoms with Gasteiger partial charge in [0.15, 0.2) is 0 Å². The van der Waals surface area contributed by atoms with Gasteiger partial charge in [-0.05, 0) is 43.7 Å². The highest BCUT2D eigenvalue weighted by atomic mass is 16.5. The molecule has 2 rings (SSSR count). The molecule has 0 saturated heterocycles. The average molecular weight is 299 g/mol. The summed E-state index contributed by atoms with van der Waals surface area (Å²) < 4.78 is 4.95. The lowest BCUT2D eigenvalue weighted by molar-refractivity contribution is -0.144. The van der Waals surface area contributed by atoms with E-state index in [4.69, 9.17) is 4.74 Å². The first-order chi connectivity index (χ1) is 10.5. The molecule has 0 aliphatic rings. The van der Waals surface area contributed by atoms with Crippen LogP contribution in [0.3, 0.4) is 0 Å². The molecule has 0 bridgehead atoms. The molecular weight excluding hydrogens is 278 g/mol. The first-order valence-electron chi connectivity index (χ1n) is 7.48. The summed E-state index contributed by atoms with van der Waals surface area (Å²) in [5, 5.41) is 2.09. The summed E-state index contributed by atoms with van der Waals surface area (Å²) in [7, 11) is 0. The fourth-order valence-electron chi connectivity index (χ4n) is 2.32. The zero-order valence-corrected chi connectivity index (χ0v) is 13.2. The van der Waals surface area contributed by atoms with E-state index < -0.39 is 0 Å². The monoisotopic (exact) mass is 299 g/mol. The van der Waals surface area contributed by atoms with Crippen molar-refractivity contribution < 1.29 is 14.3 Å². The maximum atomic E-state index is 12.7. The Balaban J connectivity index is 2.26. The first-order valence-corrected chi connectivity index (χ1v) is 7.48. The van der Waals surface area contributed by atoms with E-state index in [1.54, 1.807) is 13.0 Å². The molecule has 0 fully saturated rings. The van der Waals surface area contributed by atoms with Gasteiger partial charge in [0, 0.05) is 11.6 Å². The van der Waals surface area contributed by atoms with Gasteiger partial charge >= 0.3 is 5.97 Å². The van der Waals surface area contributed by atoms with E-state index in [9.17, 15) is 9.59 Å². The van der Waals surface area contributed by atoms with Crippen LogP contribution in [0.5, 0.6) is 0 Å². The number of nitrogens with zero attached hydrogens (tertiary/aromatic N) is 1. The Morgan fingerprint density at radius 1 is 1.09 bits per heavy atom. The number of carbonyl (C=O) groups excluding carboxylic acids is 2. The molecule has 0 aliphatic carbocycles. The molecule has 0 heterocycles. The van der Waals surface area contributed by atoms with Crippen molar-refractivity contribution in [3.8, 4) is 0 Å². The summed E-state index contributed by atoms with van der Waals surface area (Å²) in [6.45, 7) is 5.81. The van der Waals surface area contributed by atoms with Crippen LogP contribution < -0.4 is 0 Å². The third kappa shape index (κ3) is 3.64. The number of hydrogen-bond donors (Lipinski definition) is 0. The summed E-state index contributed by atoms with van der Waals surface area (Å²) >= 11 is 0. The molecule has 0 radical (unpaired) electrons. The maximum Gasteiger partial charge on any atom is 0.325 e. The highest BCUT2D eigenvalue weighted by molar-refractivity contribution is 5.99. The molecule has 116 valence electrons. The lowest BCUT2D eigenvalue weighted by Crippen LogP contribution is -2.41. The fourth-order valence-corrected chi connectivity index (χ4v) is 2.32. The smallest absolute Gasteiger partial charge is 0.325 e. The van der Waals surface area contributed by atoms with Gasteiger partial charge in [-0.1, -0.05) is 30.3 Å². The van der Waals surface area contributed by atoms with Crippen LogP contribution >= 0.6 is 0 Å². The number of hydrogen-bond acceptors (Lipinski definition) is 3. The standard InChI is InChI=1S/C18H21NO3/c1-4-22-17(20)12-19(13(2)3)18(21)16-10-9-14-7-5-6-8-15(14)11-16/h5-11,13H,4,12H2,1-3H3. The Bertz CT molecular complexity index is 679. The van der Waals surface area contributed by atoms with Crippen molar-refractivity contribution in [1.82, 2.24) is 4.90 Å². The second kappa shape index (κ2) is 7.07. The van der Waals surface area contributed by atoms with Crippen molar-refractivity contribution in [1.29, 1.82) is 0 Å². The molecule has 4 nitrogen and oxygen atoms in total. The van der Waals surface area contributed by atoms with Crippen LogP contribution in [0.25, 0.3) is 10.8 Å². The molecule has 0 aromatic heterocycles. The van der Waals surface area contributed by atoms with Crippen LogP contribution in [-0.4, -0.2) is 36.0 Å². The Morgan fingerprint density at radius 3 is 2.41 bits per heavy atom. The van der Waals surface area contributed by atoms with Gasteiger partial charge < -0.3 is 9.64 Å². The first kappa shape index (κ1) is 16.0. The molecule has 0 aliphatic heterocycles. The van der Waals surface area contributed by atoms with Crippen molar-refractivity contribution in [2.45, 2.75) is 26.8 Å². The SMILES string of the molecule is CCOC(=O)CN(C(=O)c1ccc2ccccc2c1)C(C)C. The van der Waals surface area contributed by atoms with Gasteiger partial charge in [-0.15, -0.1) is 0 Å². The third-order valence-corrected chi connectivity index (χ3v) is 3.49. The van der Waals surface area contributed by atoms with E-state index in [1.807, 2.05) is 50.2 Å². The topological polar surface area (TPSA) is 46.6 Å². The lowest BCUT2D eigenvalue weighted by atomic mass is 10.1. The van der Waals surface area contributed by atoms with Crippen molar-refractivity contribution in [3.05, 3.63) is 48.0 Å². The van der Waals surface area contributed by atoms with Crippen molar-refractivity contribution in [2.24, 2.45) is 0 Å². The van der Waals surface area contributed by atoms with E-state index in [-0.39, 0.29) is 24.5 Å². The van der Waals surface area contributed by atoms with E-state index >= 15 is 0 Å². The van der Waals surface area contributed by atoms with Gasteiger partial charge in [0.05, 0.1) is 6.61 Å². The summed E-state index contributed by atoms with van der Waals surface area (Å²) in [6, 6.07) is 13.4. The van der Waals surface area contributed by atoms with Crippen molar-refractivity contribution in [3.63, 3.8) is 0 Å². The Hall–Kier alpha value is -2.36. The normalized spacial score (nSPS) is 10.7. The quantitative estimate of drug-likeness (QED) is 0.796. The maximum absolute atomic E-state index is 12.7. The van der Waals surface area contributed by atoms with Crippen LogP contribution in [0, 0.1) is 0 Å². The molecule has 2 aromatic carbocycles. The predicted molar refractivity (Wildman–Crippen MR) is 86.8 cm³/mol. The number of rotatable bonds is 5. The van der Waals surface area contributed by atoms with E-state index in [2.05, 4.69) is 0 Å². The number of fused-ring (bicyclic) bond motifs is 1. The average Bonchev–Trinajstić information content (AvgIpc) is 2.51. The van der Waals surface area contributed by atoms with Gasteiger partial charge in [-0.25, -0.2) is 0 Å². The van der Waals surface area contributed by atoms with Gasteiger partial charge in [0.25, 0.3) is 5.91 Å². The zero-order valence-electron chi connectivity index (χ0n) is 13.2. The molecular formula is C18H21NO3. The molecule has 22 heavy (non-hydrogen) atoms. The van der Waals surface area contributed by atoms with Crippen molar-refractivity contribution in [2.75, 3.05) is 13.2 Å². The number of ether oxygens (including phenoxy) is 1. The summed E-state index contributed by atoms with van der Waals surface area (Å²) in [5.74, 6) is -0.542. The third-order valence-electron chi connectivity index (χ3n) is 3.49. The number of carbonyl (C=O) groups is 2. The molecule has 0 saturated carbocycles. The molecule has 0 unspecified atom stereocenters. The molecule has 4 heteroatoms. The molecule has 0 N–H and O–H groups in total. The molecule has 0 spiro atoms. The minimum absolute atomic E-state index is 0.0306. The zero-order chi connectivity index (χ0) is 16.1. The highest BCUT2D eigenvalue weighted by Gasteiger charge is 2.22. The second-order valence-electron chi connectivity index (χ2n) is 5.39. The summed E-state index contributed by atoms with van der Waals surface area (Å²) in [6.07, 6.45) is 0. The fraction of sp³-hybridized carbons (Fsp3) is 0.333. The predicted octanol–water partition coefficient (Wildman–Crippen LogP) is 3.25. The number of amides is 1. The van der Waals surface area contributed by atoms with Crippen molar-refractivity contribution >= 4 is 22.6 Å². The lowest BCUT2D eigenvalue weighted by Gasteiger charge is -2.25. The van der Waals surface area contributed by atoms with Gasteiger partial charge in [-0.2, -0.15) is 0 Å². The minimum Gasteiger partial charge on any atom is -0.465 e. The number of benzene rings is 2. The Labute approximate surface area is 130 Å².